The number of thioether (sulfide) groups is 1. The number of H-pyrrole nitrogens is 1. The van der Waals surface area contributed by atoms with Crippen LogP contribution in [0.15, 0.2) is 71.6 Å². The molecular weight excluding hydrogens is 472 g/mol. The zero-order valence-corrected chi connectivity index (χ0v) is 21.7. The molecule has 0 aliphatic carbocycles. The maximum absolute atomic E-state index is 13.0. The number of carbonyl (C=O) groups is 1. The zero-order chi connectivity index (χ0) is 25.3. The van der Waals surface area contributed by atoms with E-state index < -0.39 is 0 Å². The minimum atomic E-state index is -0.178. The van der Waals surface area contributed by atoms with E-state index in [-0.39, 0.29) is 5.91 Å². The first-order valence-corrected chi connectivity index (χ1v) is 13.3. The van der Waals surface area contributed by atoms with Crippen molar-refractivity contribution in [3.8, 4) is 28.5 Å². The van der Waals surface area contributed by atoms with Crippen LogP contribution < -0.4 is 19.5 Å². The molecule has 0 aliphatic heterocycles. The van der Waals surface area contributed by atoms with Crippen LogP contribution in [-0.2, 0) is 0 Å². The van der Waals surface area contributed by atoms with Crippen LogP contribution in [0.1, 0.15) is 31.1 Å². The highest BCUT2D eigenvalue weighted by Crippen LogP contribution is 2.39. The number of hydrogen-bond acceptors (Lipinski definition) is 5. The summed E-state index contributed by atoms with van der Waals surface area (Å²) in [6.45, 7) is 7.60. The predicted octanol–water partition coefficient (Wildman–Crippen LogP) is 6.55. The zero-order valence-electron chi connectivity index (χ0n) is 20.9. The molecule has 0 unspecified atom stereocenters. The Hall–Kier alpha value is -3.58. The van der Waals surface area contributed by atoms with E-state index in [0.29, 0.717) is 49.2 Å². The Labute approximate surface area is 216 Å². The number of rotatable bonds is 12. The highest BCUT2D eigenvalue weighted by atomic mass is 32.2. The summed E-state index contributed by atoms with van der Waals surface area (Å²) >= 11 is 1.73. The molecule has 7 heteroatoms. The molecule has 0 aliphatic rings. The molecular formula is C29H32N2O4S. The van der Waals surface area contributed by atoms with Crippen LogP contribution in [0.2, 0.25) is 0 Å². The molecule has 0 saturated heterocycles. The lowest BCUT2D eigenvalue weighted by Gasteiger charge is -2.17. The fourth-order valence-electron chi connectivity index (χ4n) is 4.01. The second-order valence-corrected chi connectivity index (χ2v) is 9.05. The van der Waals surface area contributed by atoms with Crippen molar-refractivity contribution < 1.29 is 19.0 Å². The molecule has 0 spiro atoms. The molecule has 0 radical (unpaired) electrons. The van der Waals surface area contributed by atoms with Crippen molar-refractivity contribution >= 4 is 28.6 Å². The van der Waals surface area contributed by atoms with Crippen molar-refractivity contribution in [2.75, 3.05) is 32.1 Å². The fourth-order valence-corrected chi connectivity index (χ4v) is 5.07. The number of benzene rings is 3. The van der Waals surface area contributed by atoms with Gasteiger partial charge in [-0.3, -0.25) is 4.79 Å². The number of hydrogen-bond donors (Lipinski definition) is 2. The second-order valence-electron chi connectivity index (χ2n) is 7.95. The third-order valence-corrected chi connectivity index (χ3v) is 6.65. The summed E-state index contributed by atoms with van der Waals surface area (Å²) < 4.78 is 17.2. The number of para-hydroxylation sites is 1. The highest BCUT2D eigenvalue weighted by molar-refractivity contribution is 7.99. The van der Waals surface area contributed by atoms with Gasteiger partial charge in [-0.2, -0.15) is 0 Å². The molecule has 1 amide bonds. The standard InChI is InChI=1S/C29H32N2O4S/c1-4-33-24-18-21(19-25(34-5-2)27(24)35-6-3)29(32)30-16-17-36-28-22-14-10-11-15-23(22)31-26(28)20-12-8-7-9-13-20/h7-15,18-19,31H,4-6,16-17H2,1-3H3,(H,30,32). The maximum Gasteiger partial charge on any atom is 0.251 e. The molecule has 2 N–H and O–H groups in total. The SMILES string of the molecule is CCOc1cc(C(=O)NCCSc2c(-c3ccccc3)[nH]c3ccccc23)cc(OCC)c1OCC. The van der Waals surface area contributed by atoms with Crippen LogP contribution in [0, 0.1) is 0 Å². The summed E-state index contributed by atoms with van der Waals surface area (Å²) in [6.07, 6.45) is 0. The van der Waals surface area contributed by atoms with E-state index in [4.69, 9.17) is 14.2 Å². The molecule has 188 valence electrons. The minimum Gasteiger partial charge on any atom is -0.490 e. The Kier molecular flexibility index (Phi) is 8.79. The minimum absolute atomic E-state index is 0.178. The van der Waals surface area contributed by atoms with E-state index in [2.05, 4.69) is 40.6 Å². The Morgan fingerprint density at radius 1 is 0.861 bits per heavy atom. The molecule has 6 nitrogen and oxygen atoms in total. The fraction of sp³-hybridized carbons (Fsp3) is 0.276. The Balaban J connectivity index is 1.48. The number of fused-ring (bicyclic) bond motifs is 1. The normalized spacial score (nSPS) is 10.9. The summed E-state index contributed by atoms with van der Waals surface area (Å²) in [4.78, 5) is 17.8. The topological polar surface area (TPSA) is 72.6 Å². The number of carbonyl (C=O) groups excluding carboxylic acids is 1. The van der Waals surface area contributed by atoms with Gasteiger partial charge >= 0.3 is 0 Å². The summed E-state index contributed by atoms with van der Waals surface area (Å²) in [5.74, 6) is 2.09. The third kappa shape index (κ3) is 5.79. The Bertz CT molecular complexity index is 1280. The molecule has 0 bridgehead atoms. The van der Waals surface area contributed by atoms with Crippen LogP contribution in [0.3, 0.4) is 0 Å². The van der Waals surface area contributed by atoms with Gasteiger partial charge in [-0.25, -0.2) is 0 Å². The first-order valence-electron chi connectivity index (χ1n) is 12.3. The molecule has 0 atom stereocenters. The van der Waals surface area contributed by atoms with Crippen molar-refractivity contribution in [2.45, 2.75) is 25.7 Å². The smallest absolute Gasteiger partial charge is 0.251 e. The molecule has 4 aromatic rings. The van der Waals surface area contributed by atoms with Gasteiger partial charge in [0.15, 0.2) is 11.5 Å². The molecule has 3 aromatic carbocycles. The number of amides is 1. The van der Waals surface area contributed by atoms with Gasteiger partial charge in [-0.15, -0.1) is 11.8 Å². The van der Waals surface area contributed by atoms with Gasteiger partial charge in [-0.05, 0) is 44.5 Å². The lowest BCUT2D eigenvalue weighted by molar-refractivity contribution is 0.0955. The quantitative estimate of drug-likeness (QED) is 0.169. The first kappa shape index (κ1) is 25.5. The van der Waals surface area contributed by atoms with E-state index in [1.54, 1.807) is 23.9 Å². The van der Waals surface area contributed by atoms with Crippen LogP contribution in [0.25, 0.3) is 22.2 Å². The summed E-state index contributed by atoms with van der Waals surface area (Å²) in [6, 6.07) is 22.0. The molecule has 1 aromatic heterocycles. The average molecular weight is 505 g/mol. The van der Waals surface area contributed by atoms with Crippen molar-refractivity contribution in [1.29, 1.82) is 0 Å². The van der Waals surface area contributed by atoms with Crippen LogP contribution in [-0.4, -0.2) is 43.0 Å². The van der Waals surface area contributed by atoms with Crippen LogP contribution >= 0.6 is 11.8 Å². The third-order valence-electron chi connectivity index (χ3n) is 5.53. The molecule has 36 heavy (non-hydrogen) atoms. The maximum atomic E-state index is 13.0. The van der Waals surface area contributed by atoms with E-state index >= 15 is 0 Å². The van der Waals surface area contributed by atoms with Gasteiger partial charge in [0.25, 0.3) is 5.91 Å². The monoisotopic (exact) mass is 504 g/mol. The summed E-state index contributed by atoms with van der Waals surface area (Å²) in [5, 5.41) is 4.22. The van der Waals surface area contributed by atoms with Crippen LogP contribution in [0.5, 0.6) is 17.2 Å². The second kappa shape index (κ2) is 12.4. The lowest BCUT2D eigenvalue weighted by atomic mass is 10.1. The molecule has 4 rings (SSSR count). The average Bonchev–Trinajstić information content (AvgIpc) is 3.27. The highest BCUT2D eigenvalue weighted by Gasteiger charge is 2.19. The van der Waals surface area contributed by atoms with Gasteiger partial charge in [0.1, 0.15) is 0 Å². The van der Waals surface area contributed by atoms with E-state index in [1.807, 2.05) is 45.0 Å². The summed E-state index contributed by atoms with van der Waals surface area (Å²) in [5.41, 5.74) is 3.82. The predicted molar refractivity (Wildman–Crippen MR) is 147 cm³/mol. The molecule has 0 fully saturated rings. The Morgan fingerprint density at radius 3 is 2.17 bits per heavy atom. The molecule has 1 heterocycles. The van der Waals surface area contributed by atoms with Crippen molar-refractivity contribution in [3.05, 3.63) is 72.3 Å². The van der Waals surface area contributed by atoms with Crippen LogP contribution in [0.4, 0.5) is 0 Å². The van der Waals surface area contributed by atoms with E-state index in [1.165, 1.54) is 10.3 Å². The van der Waals surface area contributed by atoms with Gasteiger partial charge in [0.05, 0.1) is 25.5 Å². The van der Waals surface area contributed by atoms with Crippen molar-refractivity contribution in [2.24, 2.45) is 0 Å². The lowest BCUT2D eigenvalue weighted by Crippen LogP contribution is -2.26. The summed E-state index contributed by atoms with van der Waals surface area (Å²) in [7, 11) is 0. The first-order chi connectivity index (χ1) is 17.7. The van der Waals surface area contributed by atoms with E-state index in [9.17, 15) is 4.79 Å². The number of aromatic nitrogens is 1. The van der Waals surface area contributed by atoms with Crippen molar-refractivity contribution in [3.63, 3.8) is 0 Å². The largest absolute Gasteiger partial charge is 0.490 e. The van der Waals surface area contributed by atoms with Gasteiger partial charge in [0, 0.05) is 33.7 Å². The van der Waals surface area contributed by atoms with Gasteiger partial charge in [-0.1, -0.05) is 48.5 Å². The number of nitrogens with one attached hydrogen (secondary N) is 2. The molecule has 0 saturated carbocycles. The van der Waals surface area contributed by atoms with E-state index in [0.717, 1.165) is 22.5 Å². The Morgan fingerprint density at radius 2 is 1.50 bits per heavy atom. The van der Waals surface area contributed by atoms with Gasteiger partial charge in [0.2, 0.25) is 5.75 Å². The van der Waals surface area contributed by atoms with Crippen molar-refractivity contribution in [1.82, 2.24) is 10.3 Å². The van der Waals surface area contributed by atoms with Gasteiger partial charge < -0.3 is 24.5 Å². The number of aromatic amines is 1. The number of ether oxygens (including phenoxy) is 3.